The van der Waals surface area contributed by atoms with Crippen molar-refractivity contribution in [3.8, 4) is 0 Å². The fourth-order valence-electron chi connectivity index (χ4n) is 4.98. The zero-order valence-corrected chi connectivity index (χ0v) is 17.1. The van der Waals surface area contributed by atoms with Crippen LogP contribution in [0.25, 0.3) is 0 Å². The van der Waals surface area contributed by atoms with Gasteiger partial charge in [-0.3, -0.25) is 4.79 Å². The number of ether oxygens (including phenoxy) is 1. The normalized spacial score (nSPS) is 26.6. The topological polar surface area (TPSA) is 32.8 Å². The molecule has 1 aliphatic carbocycles. The van der Waals surface area contributed by atoms with E-state index in [4.69, 9.17) is 4.74 Å². The van der Waals surface area contributed by atoms with Crippen LogP contribution in [0.4, 0.5) is 5.69 Å². The van der Waals surface area contributed by atoms with E-state index >= 15 is 0 Å². The molecule has 3 aliphatic rings. The number of anilines is 1. The average molecular weight is 391 g/mol. The lowest BCUT2D eigenvalue weighted by Crippen LogP contribution is -2.60. The van der Waals surface area contributed by atoms with Gasteiger partial charge in [-0.05, 0) is 62.8 Å². The van der Waals surface area contributed by atoms with E-state index < -0.39 is 5.60 Å². The molecule has 0 radical (unpaired) electrons. The minimum absolute atomic E-state index is 0.166. The molecule has 1 saturated carbocycles. The van der Waals surface area contributed by atoms with E-state index in [2.05, 4.69) is 47.4 Å². The van der Waals surface area contributed by atoms with Crippen molar-refractivity contribution >= 4 is 11.6 Å². The fraction of sp³-hybridized carbons (Fsp3) is 0.480. The van der Waals surface area contributed by atoms with Gasteiger partial charge in [-0.15, -0.1) is 0 Å². The molecule has 2 aliphatic heterocycles. The third-order valence-corrected chi connectivity index (χ3v) is 6.81. The molecule has 1 unspecified atom stereocenters. The lowest BCUT2D eigenvalue weighted by atomic mass is 9.90. The second-order valence-electron chi connectivity index (χ2n) is 8.94. The van der Waals surface area contributed by atoms with Crippen LogP contribution < -0.4 is 4.90 Å². The molecule has 2 aromatic carbocycles. The van der Waals surface area contributed by atoms with Gasteiger partial charge in [0.1, 0.15) is 5.60 Å². The van der Waals surface area contributed by atoms with E-state index in [1.165, 1.54) is 5.56 Å². The van der Waals surface area contributed by atoms with Crippen molar-refractivity contribution < 1.29 is 9.53 Å². The van der Waals surface area contributed by atoms with Crippen LogP contribution in [0.5, 0.6) is 0 Å². The maximum absolute atomic E-state index is 13.1. The number of likely N-dealkylation sites (tertiary alicyclic amines) is 1. The molecule has 4 heteroatoms. The van der Waals surface area contributed by atoms with Crippen molar-refractivity contribution in [3.63, 3.8) is 0 Å². The SMILES string of the molecule is O=C1N(c2ccccc2)CC2(CCCN(CCc3ccccc3)CC2)OC12CC2. The maximum atomic E-state index is 13.1. The zero-order valence-electron chi connectivity index (χ0n) is 17.1. The van der Waals surface area contributed by atoms with Gasteiger partial charge in [-0.1, -0.05) is 48.5 Å². The second kappa shape index (κ2) is 7.58. The number of carbonyl (C=O) groups excluding carboxylic acids is 1. The lowest BCUT2D eigenvalue weighted by Gasteiger charge is -2.46. The Morgan fingerprint density at radius 1 is 0.862 bits per heavy atom. The van der Waals surface area contributed by atoms with Gasteiger partial charge in [0.05, 0.1) is 12.1 Å². The average Bonchev–Trinajstić information content (AvgIpc) is 3.56. The predicted octanol–water partition coefficient (Wildman–Crippen LogP) is 4.05. The van der Waals surface area contributed by atoms with Crippen molar-refractivity contribution in [2.75, 3.05) is 31.1 Å². The van der Waals surface area contributed by atoms with E-state index in [9.17, 15) is 4.79 Å². The number of amides is 1. The molecular formula is C25H30N2O2. The molecular weight excluding hydrogens is 360 g/mol. The van der Waals surface area contributed by atoms with Gasteiger partial charge in [0.2, 0.25) is 0 Å². The minimum atomic E-state index is -0.548. The van der Waals surface area contributed by atoms with Gasteiger partial charge in [-0.25, -0.2) is 0 Å². The summed E-state index contributed by atoms with van der Waals surface area (Å²) in [6.07, 6.45) is 5.99. The Morgan fingerprint density at radius 3 is 2.31 bits per heavy atom. The summed E-state index contributed by atoms with van der Waals surface area (Å²) < 4.78 is 6.65. The first-order chi connectivity index (χ1) is 14.2. The van der Waals surface area contributed by atoms with Crippen molar-refractivity contribution in [3.05, 3.63) is 66.2 Å². The number of benzene rings is 2. The minimum Gasteiger partial charge on any atom is -0.357 e. The highest BCUT2D eigenvalue weighted by atomic mass is 16.5. The smallest absolute Gasteiger partial charge is 0.259 e. The van der Waals surface area contributed by atoms with E-state index in [0.717, 1.165) is 63.8 Å². The Balaban J connectivity index is 1.29. The van der Waals surface area contributed by atoms with Crippen LogP contribution in [0.1, 0.15) is 37.7 Å². The van der Waals surface area contributed by atoms with E-state index in [1.807, 2.05) is 23.1 Å². The Hall–Kier alpha value is -2.17. The monoisotopic (exact) mass is 390 g/mol. The Bertz CT molecular complexity index is 850. The number of carbonyl (C=O) groups is 1. The molecule has 0 bridgehead atoms. The molecule has 29 heavy (non-hydrogen) atoms. The third kappa shape index (κ3) is 3.84. The summed E-state index contributed by atoms with van der Waals surface area (Å²) in [6.45, 7) is 3.93. The molecule has 0 aromatic heterocycles. The van der Waals surface area contributed by atoms with Crippen molar-refractivity contribution in [1.29, 1.82) is 0 Å². The van der Waals surface area contributed by atoms with Gasteiger partial charge < -0.3 is 14.5 Å². The first kappa shape index (κ1) is 18.8. The molecule has 152 valence electrons. The summed E-state index contributed by atoms with van der Waals surface area (Å²) in [4.78, 5) is 17.7. The Morgan fingerprint density at radius 2 is 1.59 bits per heavy atom. The molecule has 2 saturated heterocycles. The highest BCUT2D eigenvalue weighted by Crippen LogP contribution is 2.50. The van der Waals surface area contributed by atoms with Crippen LogP contribution >= 0.6 is 0 Å². The van der Waals surface area contributed by atoms with E-state index in [0.29, 0.717) is 6.54 Å². The highest BCUT2D eigenvalue weighted by Gasteiger charge is 2.61. The van der Waals surface area contributed by atoms with Crippen LogP contribution in [-0.2, 0) is 16.0 Å². The quantitative estimate of drug-likeness (QED) is 0.790. The standard InChI is InChI=1S/C25H30N2O2/c28-23-25(14-15-25)29-24(20-27(23)22-10-5-2-6-11-22)13-7-17-26(19-16-24)18-12-21-8-3-1-4-9-21/h1-6,8-11H,7,12-20H2. The van der Waals surface area contributed by atoms with Crippen molar-refractivity contribution in [2.24, 2.45) is 0 Å². The van der Waals surface area contributed by atoms with Crippen LogP contribution in [0.3, 0.4) is 0 Å². The molecule has 3 fully saturated rings. The molecule has 0 N–H and O–H groups in total. The van der Waals surface area contributed by atoms with E-state index in [1.54, 1.807) is 0 Å². The summed E-state index contributed by atoms with van der Waals surface area (Å²) in [5.74, 6) is 0.166. The highest BCUT2D eigenvalue weighted by molar-refractivity contribution is 6.02. The number of rotatable bonds is 4. The molecule has 4 nitrogen and oxygen atoms in total. The van der Waals surface area contributed by atoms with Gasteiger partial charge in [0.25, 0.3) is 5.91 Å². The van der Waals surface area contributed by atoms with E-state index in [-0.39, 0.29) is 11.5 Å². The number of hydrogen-bond donors (Lipinski definition) is 0. The molecule has 1 atom stereocenters. The summed E-state index contributed by atoms with van der Waals surface area (Å²) in [7, 11) is 0. The molecule has 5 rings (SSSR count). The largest absolute Gasteiger partial charge is 0.357 e. The molecule has 2 heterocycles. The van der Waals surface area contributed by atoms with Crippen LogP contribution in [0, 0.1) is 0 Å². The fourth-order valence-corrected chi connectivity index (χ4v) is 4.98. The van der Waals surface area contributed by atoms with Crippen molar-refractivity contribution in [2.45, 2.75) is 49.7 Å². The predicted molar refractivity (Wildman–Crippen MR) is 115 cm³/mol. The Labute approximate surface area is 173 Å². The number of morpholine rings is 1. The second-order valence-corrected chi connectivity index (χ2v) is 8.94. The number of hydrogen-bond acceptors (Lipinski definition) is 3. The van der Waals surface area contributed by atoms with Gasteiger partial charge in [-0.2, -0.15) is 0 Å². The molecule has 2 spiro atoms. The molecule has 1 amide bonds. The van der Waals surface area contributed by atoms with Gasteiger partial charge in [0, 0.05) is 18.8 Å². The van der Waals surface area contributed by atoms with Crippen LogP contribution in [0.15, 0.2) is 60.7 Å². The summed E-state index contributed by atoms with van der Waals surface area (Å²) in [5.41, 5.74) is 1.66. The summed E-state index contributed by atoms with van der Waals surface area (Å²) in [5, 5.41) is 0. The zero-order chi connectivity index (χ0) is 19.7. The molecule has 2 aromatic rings. The lowest BCUT2D eigenvalue weighted by molar-refractivity contribution is -0.165. The number of para-hydroxylation sites is 1. The van der Waals surface area contributed by atoms with Crippen molar-refractivity contribution in [1.82, 2.24) is 4.90 Å². The number of nitrogens with zero attached hydrogens (tertiary/aromatic N) is 2. The maximum Gasteiger partial charge on any atom is 0.259 e. The first-order valence-corrected chi connectivity index (χ1v) is 11.0. The Kier molecular flexibility index (Phi) is 4.92. The van der Waals surface area contributed by atoms with Gasteiger partial charge >= 0.3 is 0 Å². The third-order valence-electron chi connectivity index (χ3n) is 6.81. The first-order valence-electron chi connectivity index (χ1n) is 11.0. The summed E-state index contributed by atoms with van der Waals surface area (Å²) in [6, 6.07) is 20.9. The summed E-state index contributed by atoms with van der Waals surface area (Å²) >= 11 is 0. The van der Waals surface area contributed by atoms with Crippen LogP contribution in [0.2, 0.25) is 0 Å². The van der Waals surface area contributed by atoms with Crippen LogP contribution in [-0.4, -0.2) is 48.2 Å². The van der Waals surface area contributed by atoms with Gasteiger partial charge in [0.15, 0.2) is 0 Å².